The fraction of sp³-hybridized carbons (Fsp3) is 0.909. The maximum atomic E-state index is 11.7. The summed E-state index contributed by atoms with van der Waals surface area (Å²) in [6.45, 7) is 2.75. The number of amides is 1. The van der Waals surface area contributed by atoms with E-state index in [0.29, 0.717) is 6.04 Å². The first-order chi connectivity index (χ1) is 7.29. The van der Waals surface area contributed by atoms with Gasteiger partial charge in [0.25, 0.3) is 0 Å². The van der Waals surface area contributed by atoms with Crippen LogP contribution in [0.4, 0.5) is 0 Å². The standard InChI is InChI=1S/C11H20N2O2.ClH/c1-12-10-4-5-13(6-10)11(14)8-15-7-9-2-3-9;/h9-10,12H,2-8H2,1H3;1H. The fourth-order valence-electron chi connectivity index (χ4n) is 1.91. The summed E-state index contributed by atoms with van der Waals surface area (Å²) in [5.41, 5.74) is 0. The average molecular weight is 249 g/mol. The van der Waals surface area contributed by atoms with Crippen molar-refractivity contribution >= 4 is 18.3 Å². The van der Waals surface area contributed by atoms with E-state index in [2.05, 4.69) is 5.32 Å². The molecule has 2 aliphatic rings. The highest BCUT2D eigenvalue weighted by Gasteiger charge is 2.26. The molecule has 1 heterocycles. The molecule has 1 N–H and O–H groups in total. The number of hydrogen-bond acceptors (Lipinski definition) is 3. The van der Waals surface area contributed by atoms with E-state index in [0.717, 1.165) is 32.0 Å². The summed E-state index contributed by atoms with van der Waals surface area (Å²) in [6.07, 6.45) is 3.62. The van der Waals surface area contributed by atoms with Crippen molar-refractivity contribution in [1.82, 2.24) is 10.2 Å². The van der Waals surface area contributed by atoms with Gasteiger partial charge in [0, 0.05) is 19.1 Å². The maximum absolute atomic E-state index is 11.7. The van der Waals surface area contributed by atoms with E-state index in [-0.39, 0.29) is 24.9 Å². The van der Waals surface area contributed by atoms with Crippen molar-refractivity contribution < 1.29 is 9.53 Å². The Morgan fingerprint density at radius 2 is 2.19 bits per heavy atom. The van der Waals surface area contributed by atoms with Crippen LogP contribution in [-0.2, 0) is 9.53 Å². The molecule has 0 aromatic carbocycles. The van der Waals surface area contributed by atoms with Crippen LogP contribution in [0.25, 0.3) is 0 Å². The molecule has 0 spiro atoms. The molecule has 1 atom stereocenters. The lowest BCUT2D eigenvalue weighted by molar-refractivity contribution is -0.135. The first-order valence-corrected chi connectivity index (χ1v) is 5.82. The average Bonchev–Trinajstić information content (AvgIpc) is 2.94. The van der Waals surface area contributed by atoms with Gasteiger partial charge in [0.2, 0.25) is 5.91 Å². The van der Waals surface area contributed by atoms with E-state index in [4.69, 9.17) is 4.74 Å². The van der Waals surface area contributed by atoms with Crippen LogP contribution in [0.3, 0.4) is 0 Å². The van der Waals surface area contributed by atoms with Crippen LogP contribution in [0.2, 0.25) is 0 Å². The van der Waals surface area contributed by atoms with Gasteiger partial charge in [-0.1, -0.05) is 0 Å². The molecule has 0 aromatic heterocycles. The molecule has 1 aliphatic heterocycles. The summed E-state index contributed by atoms with van der Waals surface area (Å²) >= 11 is 0. The predicted octanol–water partition coefficient (Wildman–Crippen LogP) is 0.655. The van der Waals surface area contributed by atoms with Crippen molar-refractivity contribution in [2.24, 2.45) is 5.92 Å². The third kappa shape index (κ3) is 3.92. The van der Waals surface area contributed by atoms with E-state index in [1.165, 1.54) is 12.8 Å². The number of nitrogens with one attached hydrogen (secondary N) is 1. The second-order valence-corrected chi connectivity index (χ2v) is 4.57. The van der Waals surface area contributed by atoms with Gasteiger partial charge in [0.1, 0.15) is 6.61 Å². The summed E-state index contributed by atoms with van der Waals surface area (Å²) in [5.74, 6) is 0.884. The van der Waals surface area contributed by atoms with E-state index in [1.54, 1.807) is 0 Å². The minimum Gasteiger partial charge on any atom is -0.371 e. The third-order valence-corrected chi connectivity index (χ3v) is 3.23. The van der Waals surface area contributed by atoms with Crippen molar-refractivity contribution in [3.63, 3.8) is 0 Å². The first kappa shape index (κ1) is 13.7. The Morgan fingerprint density at radius 1 is 1.44 bits per heavy atom. The van der Waals surface area contributed by atoms with Crippen LogP contribution in [0.1, 0.15) is 19.3 Å². The van der Waals surface area contributed by atoms with Gasteiger partial charge in [0.15, 0.2) is 0 Å². The molecule has 2 rings (SSSR count). The predicted molar refractivity (Wildman–Crippen MR) is 64.8 cm³/mol. The van der Waals surface area contributed by atoms with Gasteiger partial charge >= 0.3 is 0 Å². The highest BCUT2D eigenvalue weighted by atomic mass is 35.5. The van der Waals surface area contributed by atoms with E-state index >= 15 is 0 Å². The summed E-state index contributed by atoms with van der Waals surface area (Å²) in [6, 6.07) is 0.470. The van der Waals surface area contributed by atoms with Gasteiger partial charge in [-0.05, 0) is 32.2 Å². The Morgan fingerprint density at radius 3 is 2.75 bits per heavy atom. The number of rotatable bonds is 5. The Hall–Kier alpha value is -0.320. The molecule has 2 fully saturated rings. The molecular weight excluding hydrogens is 228 g/mol. The summed E-state index contributed by atoms with van der Waals surface area (Å²) in [7, 11) is 1.95. The number of ether oxygens (including phenoxy) is 1. The summed E-state index contributed by atoms with van der Waals surface area (Å²) in [4.78, 5) is 13.6. The zero-order valence-corrected chi connectivity index (χ0v) is 10.6. The Kier molecular flexibility index (Phi) is 5.52. The van der Waals surface area contributed by atoms with Gasteiger partial charge in [0.05, 0.1) is 6.61 Å². The highest BCUT2D eigenvalue weighted by Crippen LogP contribution is 2.28. The molecular formula is C11H21ClN2O2. The number of likely N-dealkylation sites (tertiary alicyclic amines) is 1. The van der Waals surface area contributed by atoms with Crippen molar-refractivity contribution in [3.05, 3.63) is 0 Å². The zero-order valence-electron chi connectivity index (χ0n) is 9.78. The minimum absolute atomic E-state index is 0. The maximum Gasteiger partial charge on any atom is 0.248 e. The first-order valence-electron chi connectivity index (χ1n) is 5.82. The molecule has 0 aromatic rings. The number of carbonyl (C=O) groups is 1. The lowest BCUT2D eigenvalue weighted by Crippen LogP contribution is -2.35. The Bertz CT molecular complexity index is 234. The van der Waals surface area contributed by atoms with Gasteiger partial charge in [-0.25, -0.2) is 0 Å². The lowest BCUT2D eigenvalue weighted by atomic mass is 10.3. The number of nitrogens with zero attached hydrogens (tertiary/aromatic N) is 1. The Balaban J connectivity index is 0.00000128. The molecule has 1 saturated carbocycles. The van der Waals surface area contributed by atoms with Crippen LogP contribution in [0, 0.1) is 5.92 Å². The van der Waals surface area contributed by atoms with Crippen molar-refractivity contribution in [3.8, 4) is 0 Å². The van der Waals surface area contributed by atoms with Gasteiger partial charge in [-0.3, -0.25) is 4.79 Å². The minimum atomic E-state index is 0. The van der Waals surface area contributed by atoms with Gasteiger partial charge in [-0.2, -0.15) is 0 Å². The third-order valence-electron chi connectivity index (χ3n) is 3.23. The quantitative estimate of drug-likeness (QED) is 0.777. The zero-order chi connectivity index (χ0) is 10.7. The molecule has 1 unspecified atom stereocenters. The monoisotopic (exact) mass is 248 g/mol. The van der Waals surface area contributed by atoms with Crippen LogP contribution < -0.4 is 5.32 Å². The fourth-order valence-corrected chi connectivity index (χ4v) is 1.91. The highest BCUT2D eigenvalue weighted by molar-refractivity contribution is 5.85. The van der Waals surface area contributed by atoms with Crippen LogP contribution in [0.15, 0.2) is 0 Å². The summed E-state index contributed by atoms with van der Waals surface area (Å²) in [5, 5.41) is 3.20. The van der Waals surface area contributed by atoms with Crippen LogP contribution >= 0.6 is 12.4 Å². The topological polar surface area (TPSA) is 41.6 Å². The van der Waals surface area contributed by atoms with E-state index < -0.39 is 0 Å². The van der Waals surface area contributed by atoms with E-state index in [9.17, 15) is 4.79 Å². The lowest BCUT2D eigenvalue weighted by Gasteiger charge is -2.16. The number of likely N-dealkylation sites (N-methyl/N-ethyl adjacent to an activating group) is 1. The van der Waals surface area contributed by atoms with Crippen molar-refractivity contribution in [2.45, 2.75) is 25.3 Å². The molecule has 5 heteroatoms. The smallest absolute Gasteiger partial charge is 0.248 e. The molecule has 94 valence electrons. The molecule has 1 saturated heterocycles. The Labute approximate surface area is 103 Å². The van der Waals surface area contributed by atoms with Crippen molar-refractivity contribution in [1.29, 1.82) is 0 Å². The normalized spacial score (nSPS) is 24.3. The van der Waals surface area contributed by atoms with Crippen molar-refractivity contribution in [2.75, 3.05) is 33.4 Å². The molecule has 16 heavy (non-hydrogen) atoms. The molecule has 1 amide bonds. The largest absolute Gasteiger partial charge is 0.371 e. The SMILES string of the molecule is CNC1CCN(C(=O)COCC2CC2)C1.Cl. The molecule has 1 aliphatic carbocycles. The van der Waals surface area contributed by atoms with E-state index in [1.807, 2.05) is 11.9 Å². The number of carbonyl (C=O) groups excluding carboxylic acids is 1. The second-order valence-electron chi connectivity index (χ2n) is 4.57. The van der Waals surface area contributed by atoms with Gasteiger partial charge in [-0.15, -0.1) is 12.4 Å². The van der Waals surface area contributed by atoms with Crippen LogP contribution in [-0.4, -0.2) is 50.2 Å². The molecule has 0 radical (unpaired) electrons. The number of hydrogen-bond donors (Lipinski definition) is 1. The second kappa shape index (κ2) is 6.42. The van der Waals surface area contributed by atoms with Gasteiger partial charge < -0.3 is 15.0 Å². The summed E-state index contributed by atoms with van der Waals surface area (Å²) < 4.78 is 5.39. The van der Waals surface area contributed by atoms with Crippen LogP contribution in [0.5, 0.6) is 0 Å². The number of halogens is 1. The molecule has 4 nitrogen and oxygen atoms in total. The molecule has 0 bridgehead atoms.